The summed E-state index contributed by atoms with van der Waals surface area (Å²) in [6.07, 6.45) is 1.41. The minimum atomic E-state index is -0.464. The fourth-order valence-corrected chi connectivity index (χ4v) is 1.56. The van der Waals surface area contributed by atoms with E-state index in [1.807, 2.05) is 6.92 Å². The van der Waals surface area contributed by atoms with Gasteiger partial charge in [-0.25, -0.2) is 4.39 Å². The van der Waals surface area contributed by atoms with E-state index >= 15 is 0 Å². The van der Waals surface area contributed by atoms with Gasteiger partial charge >= 0.3 is 0 Å². The third-order valence-corrected chi connectivity index (χ3v) is 2.55. The topological polar surface area (TPSA) is 43.1 Å². The van der Waals surface area contributed by atoms with Crippen LogP contribution in [0.3, 0.4) is 0 Å². The predicted molar refractivity (Wildman–Crippen MR) is 63.0 cm³/mol. The first kappa shape index (κ1) is 13.1. The minimum Gasteiger partial charge on any atom is -0.328 e. The first-order valence-electron chi connectivity index (χ1n) is 5.20. The van der Waals surface area contributed by atoms with Crippen LogP contribution in [0.2, 0.25) is 5.02 Å². The molecule has 0 heterocycles. The molecule has 0 aliphatic heterocycles. The Bertz CT molecular complexity index is 379. The summed E-state index contributed by atoms with van der Waals surface area (Å²) in [5.41, 5.74) is 6.29. The van der Waals surface area contributed by atoms with Gasteiger partial charge in [-0.3, -0.25) is 4.79 Å². The predicted octanol–water partition coefficient (Wildman–Crippen LogP) is 2.72. The number of hydrogen-bond acceptors (Lipinski definition) is 2. The molecule has 0 bridgehead atoms. The maximum absolute atomic E-state index is 12.9. The number of nitrogens with two attached hydrogens (primary N) is 1. The molecule has 1 rings (SSSR count). The third kappa shape index (κ3) is 4.29. The summed E-state index contributed by atoms with van der Waals surface area (Å²) in [6.45, 7) is 1.86. The van der Waals surface area contributed by atoms with Crippen molar-refractivity contribution in [3.05, 3.63) is 34.6 Å². The molecular formula is C12H15ClFNO. The van der Waals surface area contributed by atoms with Gasteiger partial charge in [-0.2, -0.15) is 0 Å². The summed E-state index contributed by atoms with van der Waals surface area (Å²) in [7, 11) is 0. The molecule has 2 N–H and O–H groups in total. The van der Waals surface area contributed by atoms with Crippen LogP contribution in [0.5, 0.6) is 0 Å². The van der Waals surface area contributed by atoms with Gasteiger partial charge in [0, 0.05) is 18.9 Å². The van der Waals surface area contributed by atoms with Gasteiger partial charge in [-0.05, 0) is 31.0 Å². The van der Waals surface area contributed by atoms with Crippen molar-refractivity contribution in [1.82, 2.24) is 0 Å². The van der Waals surface area contributed by atoms with Gasteiger partial charge in [-0.15, -0.1) is 0 Å². The van der Waals surface area contributed by atoms with E-state index in [0.717, 1.165) is 5.56 Å². The number of Topliss-reactive ketones (excluding diaryl/α,β-unsaturated/α-hetero) is 1. The molecule has 1 atom stereocenters. The fraction of sp³-hybridized carbons (Fsp3) is 0.417. The molecule has 1 unspecified atom stereocenters. The van der Waals surface area contributed by atoms with Gasteiger partial charge in [0.2, 0.25) is 0 Å². The lowest BCUT2D eigenvalue weighted by Gasteiger charge is -2.05. The van der Waals surface area contributed by atoms with Crippen molar-refractivity contribution in [1.29, 1.82) is 0 Å². The van der Waals surface area contributed by atoms with Crippen molar-refractivity contribution < 1.29 is 9.18 Å². The Morgan fingerprint density at radius 3 is 2.81 bits per heavy atom. The highest BCUT2D eigenvalue weighted by molar-refractivity contribution is 6.30. The van der Waals surface area contributed by atoms with Crippen LogP contribution in [-0.2, 0) is 11.2 Å². The smallest absolute Gasteiger partial charge is 0.141 e. The number of carbonyl (C=O) groups is 1. The standard InChI is InChI=1S/C12H15ClFNO/c1-8(15)2-4-10(16)6-9-3-5-12(14)11(13)7-9/h3,5,7-8H,2,4,6,15H2,1H3. The molecule has 0 saturated heterocycles. The Kier molecular flexibility index (Phi) is 4.90. The normalized spacial score (nSPS) is 12.5. The van der Waals surface area contributed by atoms with E-state index in [9.17, 15) is 9.18 Å². The van der Waals surface area contributed by atoms with E-state index in [1.54, 1.807) is 6.07 Å². The molecule has 0 spiro atoms. The van der Waals surface area contributed by atoms with Crippen LogP contribution in [0.15, 0.2) is 18.2 Å². The first-order valence-corrected chi connectivity index (χ1v) is 5.58. The first-order chi connectivity index (χ1) is 7.49. The molecule has 0 saturated carbocycles. The number of carbonyl (C=O) groups excluding carboxylic acids is 1. The van der Waals surface area contributed by atoms with Crippen molar-refractivity contribution in [2.45, 2.75) is 32.2 Å². The van der Waals surface area contributed by atoms with Crippen LogP contribution in [0.1, 0.15) is 25.3 Å². The molecule has 4 heteroatoms. The molecule has 16 heavy (non-hydrogen) atoms. The molecule has 0 aliphatic rings. The molecule has 1 aromatic rings. The third-order valence-electron chi connectivity index (χ3n) is 2.26. The maximum Gasteiger partial charge on any atom is 0.141 e. The Morgan fingerprint density at radius 2 is 2.25 bits per heavy atom. The lowest BCUT2D eigenvalue weighted by Crippen LogP contribution is -2.16. The van der Waals surface area contributed by atoms with Gasteiger partial charge in [0.15, 0.2) is 0 Å². The number of hydrogen-bond donors (Lipinski definition) is 1. The molecule has 88 valence electrons. The minimum absolute atomic E-state index is 0.0285. The average molecular weight is 244 g/mol. The highest BCUT2D eigenvalue weighted by Gasteiger charge is 2.07. The zero-order chi connectivity index (χ0) is 12.1. The molecule has 1 aromatic carbocycles. The SMILES string of the molecule is CC(N)CCC(=O)Cc1ccc(F)c(Cl)c1. The summed E-state index contributed by atoms with van der Waals surface area (Å²) in [6, 6.07) is 4.36. The second-order valence-corrected chi connectivity index (χ2v) is 4.39. The second-order valence-electron chi connectivity index (χ2n) is 3.98. The second kappa shape index (κ2) is 5.97. The zero-order valence-electron chi connectivity index (χ0n) is 9.17. The van der Waals surface area contributed by atoms with Crippen molar-refractivity contribution in [2.24, 2.45) is 5.73 Å². The summed E-state index contributed by atoms with van der Waals surface area (Å²) < 4.78 is 12.9. The van der Waals surface area contributed by atoms with Crippen LogP contribution in [0.4, 0.5) is 4.39 Å². The molecular weight excluding hydrogens is 229 g/mol. The Balaban J connectivity index is 2.53. The number of halogens is 2. The van der Waals surface area contributed by atoms with Crippen LogP contribution < -0.4 is 5.73 Å². The van der Waals surface area contributed by atoms with E-state index in [-0.39, 0.29) is 23.3 Å². The van der Waals surface area contributed by atoms with Crippen molar-refractivity contribution in [3.63, 3.8) is 0 Å². The zero-order valence-corrected chi connectivity index (χ0v) is 9.93. The fourth-order valence-electron chi connectivity index (χ4n) is 1.35. The molecule has 0 aliphatic carbocycles. The van der Waals surface area contributed by atoms with Crippen LogP contribution in [0.25, 0.3) is 0 Å². The largest absolute Gasteiger partial charge is 0.328 e. The number of ketones is 1. The van der Waals surface area contributed by atoms with E-state index in [0.29, 0.717) is 12.8 Å². The average Bonchev–Trinajstić information content (AvgIpc) is 2.21. The summed E-state index contributed by atoms with van der Waals surface area (Å²) >= 11 is 5.62. The molecule has 0 fully saturated rings. The summed E-state index contributed by atoms with van der Waals surface area (Å²) in [5.74, 6) is -0.367. The van der Waals surface area contributed by atoms with E-state index in [4.69, 9.17) is 17.3 Å². The number of benzene rings is 1. The van der Waals surface area contributed by atoms with Crippen molar-refractivity contribution >= 4 is 17.4 Å². The molecule has 0 aromatic heterocycles. The Morgan fingerprint density at radius 1 is 1.56 bits per heavy atom. The summed E-state index contributed by atoms with van der Waals surface area (Å²) in [5, 5.41) is 0.0532. The van der Waals surface area contributed by atoms with E-state index in [2.05, 4.69) is 0 Å². The van der Waals surface area contributed by atoms with Crippen LogP contribution >= 0.6 is 11.6 Å². The lowest BCUT2D eigenvalue weighted by molar-refractivity contribution is -0.118. The van der Waals surface area contributed by atoms with Gasteiger partial charge in [0.1, 0.15) is 11.6 Å². The maximum atomic E-state index is 12.9. The van der Waals surface area contributed by atoms with Crippen molar-refractivity contribution in [3.8, 4) is 0 Å². The van der Waals surface area contributed by atoms with Crippen LogP contribution in [-0.4, -0.2) is 11.8 Å². The Labute approximate surface area is 99.6 Å². The van der Waals surface area contributed by atoms with Crippen molar-refractivity contribution in [2.75, 3.05) is 0 Å². The Hall–Kier alpha value is -0.930. The highest BCUT2D eigenvalue weighted by Crippen LogP contribution is 2.16. The molecule has 2 nitrogen and oxygen atoms in total. The lowest BCUT2D eigenvalue weighted by atomic mass is 10.0. The molecule has 0 radical (unpaired) electrons. The quantitative estimate of drug-likeness (QED) is 0.864. The van der Waals surface area contributed by atoms with E-state index < -0.39 is 5.82 Å². The van der Waals surface area contributed by atoms with Gasteiger partial charge in [0.25, 0.3) is 0 Å². The van der Waals surface area contributed by atoms with E-state index in [1.165, 1.54) is 12.1 Å². The van der Waals surface area contributed by atoms with Gasteiger partial charge in [-0.1, -0.05) is 17.7 Å². The van der Waals surface area contributed by atoms with Gasteiger partial charge < -0.3 is 5.73 Å². The highest BCUT2D eigenvalue weighted by atomic mass is 35.5. The van der Waals surface area contributed by atoms with Gasteiger partial charge in [0.05, 0.1) is 5.02 Å². The monoisotopic (exact) mass is 243 g/mol. The number of rotatable bonds is 5. The molecule has 0 amide bonds. The van der Waals surface area contributed by atoms with Crippen LogP contribution in [0, 0.1) is 5.82 Å². The summed E-state index contributed by atoms with van der Waals surface area (Å²) in [4.78, 5) is 11.5.